The first-order valence-electron chi connectivity index (χ1n) is 25.2. The number of allylic oxidation sites excluding steroid dienone is 2. The molecule has 392 valence electrons. The number of anilines is 2. The maximum atomic E-state index is 15.1. The summed E-state index contributed by atoms with van der Waals surface area (Å²) in [5.41, 5.74) is 3.92. The van der Waals surface area contributed by atoms with Crippen molar-refractivity contribution in [1.29, 1.82) is 0 Å². The summed E-state index contributed by atoms with van der Waals surface area (Å²) in [5, 5.41) is 15.4. The molecule has 0 radical (unpaired) electrons. The molecule has 3 aliphatic rings. The summed E-state index contributed by atoms with van der Waals surface area (Å²) in [6, 6.07) is 28.1. The van der Waals surface area contributed by atoms with Gasteiger partial charge in [-0.2, -0.15) is 0 Å². The number of aryl methyl sites for hydroxylation is 1. The molecule has 0 aromatic heterocycles. The highest BCUT2D eigenvalue weighted by molar-refractivity contribution is 9.10. The number of hydrogen-bond donors (Lipinski definition) is 4. The predicted molar refractivity (Wildman–Crippen MR) is 298 cm³/mol. The van der Waals surface area contributed by atoms with Crippen LogP contribution in [0, 0.1) is 6.92 Å². The van der Waals surface area contributed by atoms with Gasteiger partial charge < -0.3 is 50.3 Å². The Balaban J connectivity index is 1.06. The van der Waals surface area contributed by atoms with E-state index in [2.05, 4.69) is 43.3 Å². The number of ether oxygens (including phenoxy) is 2. The molecule has 0 bridgehead atoms. The van der Waals surface area contributed by atoms with E-state index in [1.54, 1.807) is 105 Å². The van der Waals surface area contributed by atoms with Crippen molar-refractivity contribution in [3.63, 3.8) is 0 Å². The van der Waals surface area contributed by atoms with Gasteiger partial charge >= 0.3 is 0 Å². The summed E-state index contributed by atoms with van der Waals surface area (Å²) in [7, 11) is 6.46. The van der Waals surface area contributed by atoms with E-state index in [4.69, 9.17) is 9.47 Å². The number of carbonyl (C=O) groups is 6. The van der Waals surface area contributed by atoms with Crippen LogP contribution in [0.5, 0.6) is 11.5 Å². The van der Waals surface area contributed by atoms with E-state index in [0.29, 0.717) is 22.9 Å². The Labute approximate surface area is 450 Å². The van der Waals surface area contributed by atoms with Crippen LogP contribution in [0.1, 0.15) is 51.3 Å². The molecular weight excluding hydrogens is 1030 g/mol. The third kappa shape index (κ3) is 10.4. The normalized spacial score (nSPS) is 19.1. The van der Waals surface area contributed by atoms with Gasteiger partial charge in [-0.05, 0) is 117 Å². The van der Waals surface area contributed by atoms with Crippen molar-refractivity contribution in [2.24, 2.45) is 0 Å². The Hall–Kier alpha value is -7.86. The van der Waals surface area contributed by atoms with Crippen molar-refractivity contribution in [3.05, 3.63) is 166 Å². The summed E-state index contributed by atoms with van der Waals surface area (Å²) in [6.45, 7) is 5.19. The van der Waals surface area contributed by atoms with Crippen LogP contribution >= 0.6 is 15.9 Å². The van der Waals surface area contributed by atoms with E-state index in [0.717, 1.165) is 42.7 Å². The number of likely N-dealkylation sites (N-methyl/N-ethyl adjacent to an activating group) is 2. The number of rotatable bonds is 14. The number of carbonyl (C=O) groups excluding carboxylic acids is 6. The van der Waals surface area contributed by atoms with Crippen LogP contribution in [0.25, 0.3) is 21.5 Å². The lowest BCUT2D eigenvalue weighted by molar-refractivity contribution is -0.137. The third-order valence-corrected chi connectivity index (χ3v) is 15.2. The highest BCUT2D eigenvalue weighted by Crippen LogP contribution is 2.39. The molecule has 16 nitrogen and oxygen atoms in total. The molecule has 6 amide bonds. The molecule has 6 aromatic rings. The minimum Gasteiger partial charge on any atom is -0.496 e. The second kappa shape index (κ2) is 22.5. The standard InChI is InChI=1S/C59H61BrN8O8/c1-34-16-24-42-39(28-34)21-26-52(75-6)44(42)30-65-48-12-8-10-14-50(48)67(32-46(58(65)73)63-54(69)35(2)61-4)56(71)37-17-19-38(20-18-37)57(72)68-33-47(64-55(70)36(3)62-5)59(74)66(49-13-9-11-15-51(49)68)31-45-43-25-23-41(60)29-40(43)22-27-53(45)76-7/h8-29,35-36,46-47,49,51,61-62H,30-33H2,1-7H3,(H,63,69)(H,64,70). The van der Waals surface area contributed by atoms with Gasteiger partial charge in [0.15, 0.2) is 0 Å². The van der Waals surface area contributed by atoms with E-state index in [-0.39, 0.29) is 43.2 Å². The Kier molecular flexibility index (Phi) is 15.7. The topological polar surface area (TPSA) is 182 Å². The Morgan fingerprint density at radius 3 is 1.78 bits per heavy atom. The van der Waals surface area contributed by atoms with E-state index >= 15 is 19.2 Å². The minimum atomic E-state index is -1.17. The fourth-order valence-corrected chi connectivity index (χ4v) is 10.6. The molecule has 6 unspecified atom stereocenters. The third-order valence-electron chi connectivity index (χ3n) is 14.7. The van der Waals surface area contributed by atoms with Crippen molar-refractivity contribution < 1.29 is 38.2 Å². The van der Waals surface area contributed by atoms with Crippen LogP contribution in [0.4, 0.5) is 11.4 Å². The zero-order chi connectivity index (χ0) is 53.9. The number of nitrogens with zero attached hydrogens (tertiary/aromatic N) is 4. The van der Waals surface area contributed by atoms with Crippen molar-refractivity contribution >= 4 is 84.3 Å². The van der Waals surface area contributed by atoms with Gasteiger partial charge in [-0.15, -0.1) is 0 Å². The van der Waals surface area contributed by atoms with E-state index < -0.39 is 65.8 Å². The number of benzene rings is 6. The largest absolute Gasteiger partial charge is 0.496 e. The second-order valence-corrected chi connectivity index (χ2v) is 20.2. The van der Waals surface area contributed by atoms with E-state index in [1.165, 1.54) is 4.90 Å². The van der Waals surface area contributed by atoms with Crippen molar-refractivity contribution in [3.8, 4) is 11.5 Å². The molecule has 1 aliphatic carbocycles. The summed E-state index contributed by atoms with van der Waals surface area (Å²) in [4.78, 5) is 93.8. The first kappa shape index (κ1) is 53.0. The summed E-state index contributed by atoms with van der Waals surface area (Å²) < 4.78 is 12.6. The zero-order valence-corrected chi connectivity index (χ0v) is 45.0. The van der Waals surface area contributed by atoms with Crippen LogP contribution in [-0.2, 0) is 32.3 Å². The quantitative estimate of drug-likeness (QED) is 0.0906. The lowest BCUT2D eigenvalue weighted by Gasteiger charge is -2.37. The number of nitrogens with one attached hydrogen (secondary N) is 4. The van der Waals surface area contributed by atoms with Crippen LogP contribution < -0.4 is 40.5 Å². The molecule has 1 saturated heterocycles. The smallest absolute Gasteiger partial charge is 0.258 e. The molecule has 6 aromatic carbocycles. The molecule has 0 saturated carbocycles. The summed E-state index contributed by atoms with van der Waals surface area (Å²) >= 11 is 3.58. The maximum absolute atomic E-state index is 15.1. The number of halogens is 1. The Morgan fingerprint density at radius 1 is 0.632 bits per heavy atom. The molecule has 6 atom stereocenters. The van der Waals surface area contributed by atoms with Crippen LogP contribution in [0.2, 0.25) is 0 Å². The van der Waals surface area contributed by atoms with Gasteiger partial charge in [-0.25, -0.2) is 0 Å². The van der Waals surface area contributed by atoms with Crippen LogP contribution in [0.15, 0.2) is 138 Å². The first-order chi connectivity index (χ1) is 36.6. The van der Waals surface area contributed by atoms with Crippen molar-refractivity contribution in [2.75, 3.05) is 51.2 Å². The zero-order valence-electron chi connectivity index (χ0n) is 43.4. The second-order valence-electron chi connectivity index (χ2n) is 19.3. The monoisotopic (exact) mass is 1090 g/mol. The maximum Gasteiger partial charge on any atom is 0.258 e. The average Bonchev–Trinajstić information content (AvgIpc) is 3.62. The van der Waals surface area contributed by atoms with Crippen molar-refractivity contribution in [2.45, 2.75) is 70.1 Å². The SMILES string of the molecule is CNC(C)C(=O)NC1CN(C(=O)c2ccc(C(=O)N3CC(NC(=O)C(C)NC)C(=O)N(Cc4c(OC)ccc5cc(Br)ccc45)C4C=CC=CC43)cc2)c2ccccc2N(Cc2c(OC)ccc3cc(C)ccc23)C1=O. The molecule has 9 rings (SSSR count). The molecule has 0 spiro atoms. The molecule has 76 heavy (non-hydrogen) atoms. The molecule has 4 N–H and O–H groups in total. The molecule has 1 fully saturated rings. The molecule has 2 heterocycles. The van der Waals surface area contributed by atoms with Gasteiger partial charge in [0.2, 0.25) is 17.7 Å². The van der Waals surface area contributed by atoms with Gasteiger partial charge in [0.1, 0.15) is 23.6 Å². The van der Waals surface area contributed by atoms with E-state index in [1.807, 2.05) is 85.8 Å². The summed E-state index contributed by atoms with van der Waals surface area (Å²) in [5.74, 6) is -1.40. The molecule has 17 heteroatoms. The number of hydrogen-bond acceptors (Lipinski definition) is 10. The van der Waals surface area contributed by atoms with E-state index in [9.17, 15) is 9.59 Å². The number of fused-ring (bicyclic) bond motifs is 4. The first-order valence-corrected chi connectivity index (χ1v) is 26.0. The number of para-hydroxylation sites is 2. The van der Waals surface area contributed by atoms with Crippen LogP contribution in [0.3, 0.4) is 0 Å². The van der Waals surface area contributed by atoms with Gasteiger partial charge in [0.25, 0.3) is 17.7 Å². The lowest BCUT2D eigenvalue weighted by Crippen LogP contribution is -2.55. The minimum absolute atomic E-state index is 0.0630. The lowest BCUT2D eigenvalue weighted by atomic mass is 9.97. The van der Waals surface area contributed by atoms with Crippen LogP contribution in [-0.4, -0.2) is 123 Å². The van der Waals surface area contributed by atoms with Gasteiger partial charge in [0, 0.05) is 26.7 Å². The Bertz CT molecular complexity index is 3330. The van der Waals surface area contributed by atoms with Gasteiger partial charge in [0.05, 0.1) is 75.9 Å². The Morgan fingerprint density at radius 2 is 1.17 bits per heavy atom. The highest BCUT2D eigenvalue weighted by Gasteiger charge is 2.44. The summed E-state index contributed by atoms with van der Waals surface area (Å²) in [6.07, 6.45) is 7.45. The number of amides is 6. The average molecular weight is 1090 g/mol. The van der Waals surface area contributed by atoms with Gasteiger partial charge in [-0.1, -0.05) is 94.3 Å². The predicted octanol–water partition coefficient (Wildman–Crippen LogP) is 6.81. The number of methoxy groups -OCH3 is 2. The fourth-order valence-electron chi connectivity index (χ4n) is 10.3. The van der Waals surface area contributed by atoms with Gasteiger partial charge in [-0.3, -0.25) is 28.8 Å². The fraction of sp³-hybridized carbons (Fsp3) is 0.288. The highest BCUT2D eigenvalue weighted by atomic mass is 79.9. The molecular formula is C59H61BrN8O8. The molecule has 2 aliphatic heterocycles. The van der Waals surface area contributed by atoms with Crippen molar-refractivity contribution in [1.82, 2.24) is 31.1 Å².